The quantitative estimate of drug-likeness (QED) is 0.861. The molecule has 2 N–H and O–H groups in total. The van der Waals surface area contributed by atoms with Crippen LogP contribution in [0.1, 0.15) is 11.1 Å². The van der Waals surface area contributed by atoms with Gasteiger partial charge in [-0.2, -0.15) is 0 Å². The maximum absolute atomic E-state index is 12.5. The van der Waals surface area contributed by atoms with Crippen LogP contribution < -0.4 is 15.4 Å². The number of likely N-dealkylation sites (N-methyl/N-ethyl adjacent to an activating group) is 1. The van der Waals surface area contributed by atoms with E-state index in [1.165, 1.54) is 0 Å². The normalized spacial score (nSPS) is 17.3. The van der Waals surface area contributed by atoms with E-state index in [1.54, 1.807) is 24.1 Å². The molecule has 4 heteroatoms. The second kappa shape index (κ2) is 5.13. The molecule has 0 fully saturated rings. The van der Waals surface area contributed by atoms with Crippen LogP contribution in [0.5, 0.6) is 5.75 Å². The summed E-state index contributed by atoms with van der Waals surface area (Å²) in [7, 11) is 1.77. The topological polar surface area (TPSA) is 55.6 Å². The molecule has 0 radical (unpaired) electrons. The average molecular weight is 282 g/mol. The van der Waals surface area contributed by atoms with Gasteiger partial charge in [-0.25, -0.2) is 0 Å². The molecule has 0 saturated carbocycles. The van der Waals surface area contributed by atoms with E-state index in [2.05, 4.69) is 0 Å². The van der Waals surface area contributed by atoms with Crippen LogP contribution in [0.4, 0.5) is 11.4 Å². The third kappa shape index (κ3) is 2.44. The molecule has 2 aromatic carbocycles. The lowest BCUT2D eigenvalue weighted by molar-refractivity contribution is -0.125. The number of carbonyl (C=O) groups excluding carboxylic acids is 1. The first-order chi connectivity index (χ1) is 10.1. The molecular formula is C17H18N2O2. The summed E-state index contributed by atoms with van der Waals surface area (Å²) in [5, 5.41) is 0. The van der Waals surface area contributed by atoms with Gasteiger partial charge in [0.05, 0.1) is 5.69 Å². The van der Waals surface area contributed by atoms with Crippen molar-refractivity contribution in [1.82, 2.24) is 0 Å². The Hall–Kier alpha value is -2.49. The highest BCUT2D eigenvalue weighted by atomic mass is 16.5. The van der Waals surface area contributed by atoms with E-state index in [0.717, 1.165) is 16.8 Å². The number of anilines is 2. The van der Waals surface area contributed by atoms with Crippen LogP contribution in [0.25, 0.3) is 0 Å². The zero-order valence-corrected chi connectivity index (χ0v) is 12.2. The minimum Gasteiger partial charge on any atom is -0.478 e. The van der Waals surface area contributed by atoms with E-state index in [4.69, 9.17) is 10.5 Å². The minimum absolute atomic E-state index is 0.0319. The Morgan fingerprint density at radius 1 is 1.24 bits per heavy atom. The fourth-order valence-electron chi connectivity index (χ4n) is 2.61. The van der Waals surface area contributed by atoms with Crippen LogP contribution >= 0.6 is 0 Å². The number of benzene rings is 2. The molecule has 4 nitrogen and oxygen atoms in total. The minimum atomic E-state index is -0.509. The molecule has 1 aliphatic heterocycles. The van der Waals surface area contributed by atoms with E-state index < -0.39 is 6.10 Å². The Kier molecular flexibility index (Phi) is 3.29. The SMILES string of the molecule is Cc1ccccc1CC1Oc2cc(N)ccc2N(C)C1=O. The molecule has 2 aromatic rings. The number of nitrogens with zero attached hydrogens (tertiary/aromatic N) is 1. The summed E-state index contributed by atoms with van der Waals surface area (Å²) in [5.74, 6) is 0.631. The Morgan fingerprint density at radius 2 is 2.00 bits per heavy atom. The number of aryl methyl sites for hydroxylation is 1. The zero-order valence-electron chi connectivity index (χ0n) is 12.2. The van der Waals surface area contributed by atoms with Crippen molar-refractivity contribution >= 4 is 17.3 Å². The van der Waals surface area contributed by atoms with E-state index in [0.29, 0.717) is 17.9 Å². The maximum Gasteiger partial charge on any atom is 0.268 e. The van der Waals surface area contributed by atoms with Crippen LogP contribution in [0.2, 0.25) is 0 Å². The van der Waals surface area contributed by atoms with E-state index in [-0.39, 0.29) is 5.91 Å². The molecule has 0 aromatic heterocycles. The summed E-state index contributed by atoms with van der Waals surface area (Å²) in [5.41, 5.74) is 9.47. The average Bonchev–Trinajstić information content (AvgIpc) is 2.46. The highest BCUT2D eigenvalue weighted by Crippen LogP contribution is 2.35. The van der Waals surface area contributed by atoms with E-state index >= 15 is 0 Å². The summed E-state index contributed by atoms with van der Waals surface area (Å²) in [6.45, 7) is 2.04. The number of rotatable bonds is 2. The number of fused-ring (bicyclic) bond motifs is 1. The lowest BCUT2D eigenvalue weighted by Gasteiger charge is -2.32. The third-order valence-corrected chi connectivity index (χ3v) is 3.89. The maximum atomic E-state index is 12.5. The van der Waals surface area contributed by atoms with Gasteiger partial charge < -0.3 is 15.4 Å². The molecule has 1 amide bonds. The molecule has 108 valence electrons. The predicted molar refractivity (Wildman–Crippen MR) is 83.6 cm³/mol. The molecule has 3 rings (SSSR count). The van der Waals surface area contributed by atoms with Gasteiger partial charge in [-0.05, 0) is 30.2 Å². The summed E-state index contributed by atoms with van der Waals surface area (Å²) in [6, 6.07) is 13.4. The van der Waals surface area contributed by atoms with Crippen LogP contribution in [0, 0.1) is 6.92 Å². The second-order valence-electron chi connectivity index (χ2n) is 5.36. The number of hydrogen-bond acceptors (Lipinski definition) is 3. The van der Waals surface area contributed by atoms with Gasteiger partial charge >= 0.3 is 0 Å². The van der Waals surface area contributed by atoms with Gasteiger partial charge in [0.25, 0.3) is 5.91 Å². The number of ether oxygens (including phenoxy) is 1. The first kappa shape index (κ1) is 13.5. The van der Waals surface area contributed by atoms with Gasteiger partial charge in [0.1, 0.15) is 5.75 Å². The molecule has 0 aliphatic carbocycles. The van der Waals surface area contributed by atoms with Crippen LogP contribution in [-0.2, 0) is 11.2 Å². The van der Waals surface area contributed by atoms with Gasteiger partial charge in [-0.15, -0.1) is 0 Å². The summed E-state index contributed by atoms with van der Waals surface area (Å²) in [4.78, 5) is 14.1. The Morgan fingerprint density at radius 3 is 2.76 bits per heavy atom. The molecule has 1 atom stereocenters. The summed E-state index contributed by atoms with van der Waals surface area (Å²) in [6.07, 6.45) is 0.0507. The molecule has 21 heavy (non-hydrogen) atoms. The number of carbonyl (C=O) groups is 1. The van der Waals surface area contributed by atoms with Crippen LogP contribution in [0.3, 0.4) is 0 Å². The third-order valence-electron chi connectivity index (χ3n) is 3.89. The lowest BCUT2D eigenvalue weighted by Crippen LogP contribution is -2.45. The molecule has 1 heterocycles. The van der Waals surface area contributed by atoms with E-state index in [1.807, 2.05) is 37.3 Å². The Balaban J connectivity index is 1.91. The number of hydrogen-bond donors (Lipinski definition) is 1. The van der Waals surface area contributed by atoms with Crippen molar-refractivity contribution in [1.29, 1.82) is 0 Å². The fraction of sp³-hybridized carbons (Fsp3) is 0.235. The summed E-state index contributed by atoms with van der Waals surface area (Å²) < 4.78 is 5.88. The van der Waals surface area contributed by atoms with Gasteiger partial charge in [0, 0.05) is 25.2 Å². The first-order valence-corrected chi connectivity index (χ1v) is 6.94. The smallest absolute Gasteiger partial charge is 0.268 e. The lowest BCUT2D eigenvalue weighted by atomic mass is 10.0. The van der Waals surface area contributed by atoms with Crippen LogP contribution in [0.15, 0.2) is 42.5 Å². The second-order valence-corrected chi connectivity index (χ2v) is 5.36. The van der Waals surface area contributed by atoms with Gasteiger partial charge in [-0.1, -0.05) is 24.3 Å². The number of amides is 1. The van der Waals surface area contributed by atoms with Crippen molar-refractivity contribution in [3.63, 3.8) is 0 Å². The molecule has 0 saturated heterocycles. The molecule has 1 aliphatic rings. The fourth-order valence-corrected chi connectivity index (χ4v) is 2.61. The molecule has 0 spiro atoms. The van der Waals surface area contributed by atoms with E-state index in [9.17, 15) is 4.79 Å². The van der Waals surface area contributed by atoms with Crippen molar-refractivity contribution in [2.45, 2.75) is 19.4 Å². The first-order valence-electron chi connectivity index (χ1n) is 6.94. The van der Waals surface area contributed by atoms with Crippen molar-refractivity contribution < 1.29 is 9.53 Å². The largest absolute Gasteiger partial charge is 0.478 e. The van der Waals surface area contributed by atoms with Crippen molar-refractivity contribution in [3.05, 3.63) is 53.6 Å². The highest BCUT2D eigenvalue weighted by molar-refractivity contribution is 6.00. The van der Waals surface area contributed by atoms with Crippen LogP contribution in [-0.4, -0.2) is 19.1 Å². The zero-order chi connectivity index (χ0) is 15.0. The number of nitrogens with two attached hydrogens (primary N) is 1. The van der Waals surface area contributed by atoms with Gasteiger partial charge in [0.15, 0.2) is 6.10 Å². The Labute approximate surface area is 124 Å². The predicted octanol–water partition coefficient (Wildman–Crippen LogP) is 2.54. The molecular weight excluding hydrogens is 264 g/mol. The van der Waals surface area contributed by atoms with Gasteiger partial charge in [0.2, 0.25) is 0 Å². The molecule has 0 bridgehead atoms. The van der Waals surface area contributed by atoms with Crippen molar-refractivity contribution in [3.8, 4) is 5.75 Å². The van der Waals surface area contributed by atoms with Crippen molar-refractivity contribution in [2.24, 2.45) is 0 Å². The highest BCUT2D eigenvalue weighted by Gasteiger charge is 2.32. The molecule has 1 unspecified atom stereocenters. The standard InChI is InChI=1S/C17H18N2O2/c1-11-5-3-4-6-12(11)9-16-17(20)19(2)14-8-7-13(18)10-15(14)21-16/h3-8,10,16H,9,18H2,1-2H3. The Bertz CT molecular complexity index is 697. The monoisotopic (exact) mass is 282 g/mol. The summed E-state index contributed by atoms with van der Waals surface area (Å²) >= 11 is 0. The number of nitrogen functional groups attached to an aromatic ring is 1. The van der Waals surface area contributed by atoms with Gasteiger partial charge in [-0.3, -0.25) is 4.79 Å². The van der Waals surface area contributed by atoms with Crippen molar-refractivity contribution in [2.75, 3.05) is 17.7 Å².